The van der Waals surface area contributed by atoms with Crippen LogP contribution in [0, 0.1) is 3.57 Å². The molecule has 0 saturated carbocycles. The molecule has 1 heterocycles. The van der Waals surface area contributed by atoms with E-state index in [0.29, 0.717) is 0 Å². The minimum absolute atomic E-state index is 0.167. The van der Waals surface area contributed by atoms with Gasteiger partial charge in [-0.3, -0.25) is 0 Å². The van der Waals surface area contributed by atoms with Gasteiger partial charge in [-0.05, 0) is 53.3 Å². The van der Waals surface area contributed by atoms with Crippen molar-refractivity contribution < 1.29 is 0 Å². The Labute approximate surface area is 121 Å². The molecule has 0 spiro atoms. The van der Waals surface area contributed by atoms with Crippen LogP contribution in [-0.2, 0) is 0 Å². The van der Waals surface area contributed by atoms with Gasteiger partial charge in [-0.15, -0.1) is 0 Å². The molecule has 0 saturated heterocycles. The Morgan fingerprint density at radius 1 is 1.22 bits per heavy atom. The van der Waals surface area contributed by atoms with Gasteiger partial charge in [0.15, 0.2) is 0 Å². The van der Waals surface area contributed by atoms with Gasteiger partial charge in [-0.2, -0.15) is 0 Å². The molecule has 4 heteroatoms. The van der Waals surface area contributed by atoms with E-state index in [1.54, 1.807) is 6.33 Å². The van der Waals surface area contributed by atoms with Gasteiger partial charge < -0.3 is 5.32 Å². The lowest BCUT2D eigenvalue weighted by atomic mass is 10.0. The second kappa shape index (κ2) is 6.80. The third kappa shape index (κ3) is 3.49. The van der Waals surface area contributed by atoms with E-state index in [2.05, 4.69) is 69.1 Å². The fourth-order valence-corrected chi connectivity index (χ4v) is 2.43. The van der Waals surface area contributed by atoms with Crippen molar-refractivity contribution in [3.05, 3.63) is 57.7 Å². The highest BCUT2D eigenvalue weighted by atomic mass is 127. The first kappa shape index (κ1) is 13.4. The zero-order valence-electron chi connectivity index (χ0n) is 10.3. The van der Waals surface area contributed by atoms with Crippen LogP contribution in [0.5, 0.6) is 0 Å². The van der Waals surface area contributed by atoms with Crippen LogP contribution < -0.4 is 5.32 Å². The molecule has 3 nitrogen and oxygen atoms in total. The van der Waals surface area contributed by atoms with Gasteiger partial charge in [0.1, 0.15) is 6.33 Å². The van der Waals surface area contributed by atoms with E-state index in [1.807, 2.05) is 12.4 Å². The molecule has 1 N–H and O–H groups in total. The van der Waals surface area contributed by atoms with E-state index in [1.165, 1.54) is 9.13 Å². The number of nitrogens with one attached hydrogen (secondary N) is 1. The summed E-state index contributed by atoms with van der Waals surface area (Å²) in [7, 11) is 0. The van der Waals surface area contributed by atoms with Gasteiger partial charge >= 0.3 is 0 Å². The molecule has 1 unspecified atom stereocenters. The fraction of sp³-hybridized carbons (Fsp3) is 0.286. The summed E-state index contributed by atoms with van der Waals surface area (Å²) in [5, 5.41) is 3.55. The molecule has 0 amide bonds. The van der Waals surface area contributed by atoms with Crippen LogP contribution >= 0.6 is 22.6 Å². The molecule has 1 aromatic carbocycles. The average molecular weight is 353 g/mol. The standard InChI is InChI=1S/C14H16IN3/c1-2-6-18-14(12-8-16-10-17-9-12)11-4-3-5-13(15)7-11/h3-5,7-10,14,18H,2,6H2,1H3. The van der Waals surface area contributed by atoms with E-state index in [0.717, 1.165) is 18.5 Å². The zero-order valence-corrected chi connectivity index (χ0v) is 12.5. The molecular formula is C14H16IN3. The Kier molecular flexibility index (Phi) is 5.07. The normalized spacial score (nSPS) is 12.3. The maximum Gasteiger partial charge on any atom is 0.115 e. The summed E-state index contributed by atoms with van der Waals surface area (Å²) in [4.78, 5) is 8.22. The van der Waals surface area contributed by atoms with Crippen LogP contribution in [0.2, 0.25) is 0 Å². The second-order valence-corrected chi connectivity index (χ2v) is 5.36. The largest absolute Gasteiger partial charge is 0.306 e. The van der Waals surface area contributed by atoms with Gasteiger partial charge in [0.2, 0.25) is 0 Å². The van der Waals surface area contributed by atoms with Crippen LogP contribution in [0.1, 0.15) is 30.5 Å². The summed E-state index contributed by atoms with van der Waals surface area (Å²) in [6.07, 6.45) is 6.42. The van der Waals surface area contributed by atoms with Gasteiger partial charge in [0.05, 0.1) is 6.04 Å². The van der Waals surface area contributed by atoms with Crippen molar-refractivity contribution in [2.75, 3.05) is 6.54 Å². The Bertz CT molecular complexity index is 487. The summed E-state index contributed by atoms with van der Waals surface area (Å²) in [5.41, 5.74) is 2.36. The molecule has 0 aliphatic heterocycles. The lowest BCUT2D eigenvalue weighted by molar-refractivity contribution is 0.595. The molecule has 0 aliphatic carbocycles. The lowest BCUT2D eigenvalue weighted by Gasteiger charge is -2.19. The monoisotopic (exact) mass is 353 g/mol. The van der Waals surface area contributed by atoms with Crippen LogP contribution in [0.3, 0.4) is 0 Å². The lowest BCUT2D eigenvalue weighted by Crippen LogP contribution is -2.23. The van der Waals surface area contributed by atoms with Crippen molar-refractivity contribution in [2.45, 2.75) is 19.4 Å². The van der Waals surface area contributed by atoms with Crippen molar-refractivity contribution in [1.82, 2.24) is 15.3 Å². The van der Waals surface area contributed by atoms with Crippen LogP contribution in [0.15, 0.2) is 43.0 Å². The topological polar surface area (TPSA) is 37.8 Å². The summed E-state index contributed by atoms with van der Waals surface area (Å²) in [6, 6.07) is 8.69. The van der Waals surface area contributed by atoms with Crippen molar-refractivity contribution in [3.8, 4) is 0 Å². The maximum atomic E-state index is 4.11. The molecule has 0 radical (unpaired) electrons. The molecule has 1 aromatic heterocycles. The van der Waals surface area contributed by atoms with E-state index in [4.69, 9.17) is 0 Å². The predicted octanol–water partition coefficient (Wildman–Crippen LogP) is 3.17. The smallest absolute Gasteiger partial charge is 0.115 e. The van der Waals surface area contributed by atoms with Crippen molar-refractivity contribution in [1.29, 1.82) is 0 Å². The van der Waals surface area contributed by atoms with E-state index >= 15 is 0 Å². The van der Waals surface area contributed by atoms with Gasteiger partial charge in [-0.1, -0.05) is 19.1 Å². The maximum absolute atomic E-state index is 4.11. The number of hydrogen-bond donors (Lipinski definition) is 1. The summed E-state index contributed by atoms with van der Waals surface area (Å²) >= 11 is 2.34. The van der Waals surface area contributed by atoms with Gasteiger partial charge in [0, 0.05) is 21.5 Å². The second-order valence-electron chi connectivity index (χ2n) is 4.11. The van der Waals surface area contributed by atoms with Crippen LogP contribution in [-0.4, -0.2) is 16.5 Å². The number of halogens is 1. The highest BCUT2D eigenvalue weighted by molar-refractivity contribution is 14.1. The minimum Gasteiger partial charge on any atom is -0.306 e. The first-order valence-corrected chi connectivity index (χ1v) is 7.13. The van der Waals surface area contributed by atoms with Gasteiger partial charge in [-0.25, -0.2) is 9.97 Å². The molecular weight excluding hydrogens is 337 g/mol. The predicted molar refractivity (Wildman–Crippen MR) is 81.3 cm³/mol. The first-order chi connectivity index (χ1) is 8.81. The van der Waals surface area contributed by atoms with Crippen LogP contribution in [0.25, 0.3) is 0 Å². The van der Waals surface area contributed by atoms with Crippen molar-refractivity contribution >= 4 is 22.6 Å². The summed E-state index contributed by atoms with van der Waals surface area (Å²) in [5.74, 6) is 0. The SMILES string of the molecule is CCCNC(c1cncnc1)c1cccc(I)c1. The zero-order chi connectivity index (χ0) is 12.8. The Hall–Kier alpha value is -1.01. The van der Waals surface area contributed by atoms with Crippen LogP contribution in [0.4, 0.5) is 0 Å². The quantitative estimate of drug-likeness (QED) is 0.840. The average Bonchev–Trinajstić information content (AvgIpc) is 2.40. The number of nitrogens with zero attached hydrogens (tertiary/aromatic N) is 2. The van der Waals surface area contributed by atoms with Gasteiger partial charge in [0.25, 0.3) is 0 Å². The molecule has 18 heavy (non-hydrogen) atoms. The van der Waals surface area contributed by atoms with Crippen molar-refractivity contribution in [3.63, 3.8) is 0 Å². The Balaban J connectivity index is 2.31. The van der Waals surface area contributed by atoms with E-state index in [9.17, 15) is 0 Å². The third-order valence-electron chi connectivity index (χ3n) is 2.69. The molecule has 0 bridgehead atoms. The van der Waals surface area contributed by atoms with E-state index < -0.39 is 0 Å². The number of benzene rings is 1. The molecule has 94 valence electrons. The number of aromatic nitrogens is 2. The Morgan fingerprint density at radius 2 is 2.00 bits per heavy atom. The number of rotatable bonds is 5. The third-order valence-corrected chi connectivity index (χ3v) is 3.37. The fourth-order valence-electron chi connectivity index (χ4n) is 1.86. The highest BCUT2D eigenvalue weighted by Gasteiger charge is 2.13. The minimum atomic E-state index is 0.167. The molecule has 2 aromatic rings. The van der Waals surface area contributed by atoms with Crippen molar-refractivity contribution in [2.24, 2.45) is 0 Å². The molecule has 2 rings (SSSR count). The summed E-state index contributed by atoms with van der Waals surface area (Å²) in [6.45, 7) is 3.14. The summed E-state index contributed by atoms with van der Waals surface area (Å²) < 4.78 is 1.24. The van der Waals surface area contributed by atoms with E-state index in [-0.39, 0.29) is 6.04 Å². The molecule has 1 atom stereocenters. The number of hydrogen-bond acceptors (Lipinski definition) is 3. The first-order valence-electron chi connectivity index (χ1n) is 6.05. The Morgan fingerprint density at radius 3 is 2.67 bits per heavy atom. The highest BCUT2D eigenvalue weighted by Crippen LogP contribution is 2.22. The molecule has 0 fully saturated rings. The molecule has 0 aliphatic rings.